The molecule has 1 saturated carbocycles. The molecule has 0 bridgehead atoms. The molecule has 0 amide bonds. The minimum Gasteiger partial charge on any atom is -0.378 e. The van der Waals surface area contributed by atoms with Crippen LogP contribution in [0.25, 0.3) is 0 Å². The van der Waals surface area contributed by atoms with E-state index in [1.807, 2.05) is 0 Å². The number of nitrogens with zero attached hydrogens (tertiary/aromatic N) is 2. The summed E-state index contributed by atoms with van der Waals surface area (Å²) in [5, 5.41) is 0. The van der Waals surface area contributed by atoms with Gasteiger partial charge in [-0.15, -0.1) is 0 Å². The Balaban J connectivity index is 1.43. The quantitative estimate of drug-likeness (QED) is 0.598. The van der Waals surface area contributed by atoms with Crippen molar-refractivity contribution in [2.75, 3.05) is 52.5 Å². The fraction of sp³-hybridized carbons (Fsp3) is 1.00. The van der Waals surface area contributed by atoms with Crippen LogP contribution >= 0.6 is 0 Å². The van der Waals surface area contributed by atoms with Crippen LogP contribution in [0.5, 0.6) is 0 Å². The maximum Gasteiger partial charge on any atom is 0.0625 e. The molecular weight excluding hydrogens is 312 g/mol. The summed E-state index contributed by atoms with van der Waals surface area (Å²) in [6.07, 6.45) is 5.52. The zero-order chi connectivity index (χ0) is 18.3. The molecule has 0 atom stereocenters. The van der Waals surface area contributed by atoms with Crippen LogP contribution in [0.3, 0.4) is 0 Å². The second kappa shape index (κ2) is 10.2. The average molecular weight is 355 g/mol. The van der Waals surface area contributed by atoms with Gasteiger partial charge in [0.25, 0.3) is 0 Å². The van der Waals surface area contributed by atoms with Crippen LogP contribution < -0.4 is 0 Å². The van der Waals surface area contributed by atoms with Crippen molar-refractivity contribution in [1.82, 2.24) is 9.80 Å². The van der Waals surface area contributed by atoms with Gasteiger partial charge in [0, 0.05) is 39.3 Å². The molecule has 0 unspecified atom stereocenters. The molecule has 4 heteroatoms. The number of ether oxygens (including phenoxy) is 2. The van der Waals surface area contributed by atoms with Crippen LogP contribution in [0.1, 0.15) is 60.3 Å². The van der Waals surface area contributed by atoms with Crippen LogP contribution in [-0.4, -0.2) is 74.5 Å². The second-order valence-electron chi connectivity index (χ2n) is 9.63. The van der Waals surface area contributed by atoms with Crippen molar-refractivity contribution >= 4 is 0 Å². The van der Waals surface area contributed by atoms with Crippen molar-refractivity contribution in [2.24, 2.45) is 11.3 Å². The topological polar surface area (TPSA) is 24.9 Å². The molecule has 0 aromatic rings. The molecular formula is C21H42N2O2. The summed E-state index contributed by atoms with van der Waals surface area (Å²) in [5.41, 5.74) is 0.373. The molecule has 0 spiro atoms. The first kappa shape index (κ1) is 21.1. The molecule has 1 heterocycles. The van der Waals surface area contributed by atoms with Crippen LogP contribution in [0.2, 0.25) is 0 Å². The normalized spacial score (nSPS) is 26.2. The Morgan fingerprint density at radius 1 is 0.840 bits per heavy atom. The predicted molar refractivity (Wildman–Crippen MR) is 105 cm³/mol. The van der Waals surface area contributed by atoms with Gasteiger partial charge in [0.2, 0.25) is 0 Å². The van der Waals surface area contributed by atoms with E-state index in [1.165, 1.54) is 39.1 Å². The Labute approximate surface area is 156 Å². The van der Waals surface area contributed by atoms with E-state index in [-0.39, 0.29) is 0 Å². The molecule has 2 fully saturated rings. The van der Waals surface area contributed by atoms with Gasteiger partial charge in [0.05, 0.1) is 18.8 Å². The van der Waals surface area contributed by atoms with Crippen LogP contribution in [0, 0.1) is 11.3 Å². The molecule has 148 valence electrons. The van der Waals surface area contributed by atoms with Crippen molar-refractivity contribution in [2.45, 2.75) is 72.5 Å². The van der Waals surface area contributed by atoms with Crippen LogP contribution in [0.4, 0.5) is 0 Å². The summed E-state index contributed by atoms with van der Waals surface area (Å²) in [5.74, 6) is 0.815. The average Bonchev–Trinajstić information content (AvgIpc) is 2.49. The summed E-state index contributed by atoms with van der Waals surface area (Å²) < 4.78 is 12.0. The summed E-state index contributed by atoms with van der Waals surface area (Å²) in [7, 11) is 0. The van der Waals surface area contributed by atoms with E-state index < -0.39 is 0 Å². The second-order valence-corrected chi connectivity index (χ2v) is 9.63. The summed E-state index contributed by atoms with van der Waals surface area (Å²) in [6, 6.07) is 0. The molecule has 0 N–H and O–H groups in total. The lowest BCUT2D eigenvalue weighted by Gasteiger charge is -2.37. The Morgan fingerprint density at radius 2 is 1.36 bits per heavy atom. The van der Waals surface area contributed by atoms with Gasteiger partial charge in [-0.25, -0.2) is 0 Å². The number of hydrogen-bond acceptors (Lipinski definition) is 4. The number of rotatable bonds is 10. The fourth-order valence-electron chi connectivity index (χ4n) is 3.35. The molecule has 4 nitrogen and oxygen atoms in total. The standard InChI is InChI=1S/C21H42N2O2/c1-18(2)6-8-22-9-11-23(12-10-22)13-15-25-20-16-19(17-20)24-14-7-21(3,4)5/h18-20H,6-17H2,1-5H3/t19-,20-. The highest BCUT2D eigenvalue weighted by Gasteiger charge is 2.31. The van der Waals surface area contributed by atoms with Crippen molar-refractivity contribution in [3.8, 4) is 0 Å². The fourth-order valence-corrected chi connectivity index (χ4v) is 3.35. The molecule has 2 rings (SSSR count). The van der Waals surface area contributed by atoms with Gasteiger partial charge in [-0.1, -0.05) is 34.6 Å². The minimum absolute atomic E-state index is 0.373. The lowest BCUT2D eigenvalue weighted by molar-refractivity contribution is -0.107. The van der Waals surface area contributed by atoms with Gasteiger partial charge in [0.1, 0.15) is 0 Å². The summed E-state index contributed by atoms with van der Waals surface area (Å²) in [6.45, 7) is 20.4. The third-order valence-electron chi connectivity index (χ3n) is 5.51. The van der Waals surface area contributed by atoms with Crippen molar-refractivity contribution in [3.05, 3.63) is 0 Å². The maximum absolute atomic E-state index is 6.03. The Hall–Kier alpha value is -0.160. The van der Waals surface area contributed by atoms with Gasteiger partial charge in [-0.2, -0.15) is 0 Å². The third kappa shape index (κ3) is 8.85. The summed E-state index contributed by atoms with van der Waals surface area (Å²) in [4.78, 5) is 5.17. The van der Waals surface area contributed by atoms with Gasteiger partial charge in [-0.3, -0.25) is 4.90 Å². The Kier molecular flexibility index (Phi) is 8.67. The van der Waals surface area contributed by atoms with Gasteiger partial charge >= 0.3 is 0 Å². The van der Waals surface area contributed by atoms with Crippen LogP contribution in [-0.2, 0) is 9.47 Å². The minimum atomic E-state index is 0.373. The molecule has 1 saturated heterocycles. The van der Waals surface area contributed by atoms with E-state index in [1.54, 1.807) is 0 Å². The molecule has 0 aromatic heterocycles. The monoisotopic (exact) mass is 354 g/mol. The van der Waals surface area contributed by atoms with E-state index in [0.29, 0.717) is 17.6 Å². The highest BCUT2D eigenvalue weighted by Crippen LogP contribution is 2.27. The first-order chi connectivity index (χ1) is 11.8. The summed E-state index contributed by atoms with van der Waals surface area (Å²) >= 11 is 0. The van der Waals surface area contributed by atoms with Gasteiger partial charge in [0.15, 0.2) is 0 Å². The maximum atomic E-state index is 6.03. The van der Waals surface area contributed by atoms with E-state index >= 15 is 0 Å². The molecule has 0 aromatic carbocycles. The van der Waals surface area contributed by atoms with E-state index in [4.69, 9.17) is 9.47 Å². The smallest absolute Gasteiger partial charge is 0.0625 e. The molecule has 2 aliphatic rings. The lowest BCUT2D eigenvalue weighted by Crippen LogP contribution is -2.48. The lowest BCUT2D eigenvalue weighted by atomic mass is 9.91. The highest BCUT2D eigenvalue weighted by atomic mass is 16.5. The van der Waals surface area contributed by atoms with Crippen molar-refractivity contribution < 1.29 is 9.47 Å². The molecule has 1 aliphatic heterocycles. The number of piperazine rings is 1. The Morgan fingerprint density at radius 3 is 1.88 bits per heavy atom. The largest absolute Gasteiger partial charge is 0.378 e. The number of hydrogen-bond donors (Lipinski definition) is 0. The van der Waals surface area contributed by atoms with E-state index in [9.17, 15) is 0 Å². The van der Waals surface area contributed by atoms with Crippen molar-refractivity contribution in [1.29, 1.82) is 0 Å². The molecule has 1 aliphatic carbocycles. The van der Waals surface area contributed by atoms with Crippen LogP contribution in [0.15, 0.2) is 0 Å². The first-order valence-electron chi connectivity index (χ1n) is 10.5. The Bertz CT molecular complexity index is 353. The zero-order valence-electron chi connectivity index (χ0n) is 17.4. The predicted octanol–water partition coefficient (Wildman–Crippen LogP) is 3.65. The SMILES string of the molecule is CC(C)CCN1CCN(CCO[C@H]2C[C@H](OCCC(C)(C)C)C2)CC1. The zero-order valence-corrected chi connectivity index (χ0v) is 17.4. The van der Waals surface area contributed by atoms with Crippen molar-refractivity contribution in [3.63, 3.8) is 0 Å². The van der Waals surface area contributed by atoms with E-state index in [2.05, 4.69) is 44.4 Å². The van der Waals surface area contributed by atoms with Gasteiger partial charge < -0.3 is 14.4 Å². The molecule has 25 heavy (non-hydrogen) atoms. The van der Waals surface area contributed by atoms with E-state index in [0.717, 1.165) is 44.9 Å². The first-order valence-corrected chi connectivity index (χ1v) is 10.5. The molecule has 0 radical (unpaired) electrons. The third-order valence-corrected chi connectivity index (χ3v) is 5.51. The van der Waals surface area contributed by atoms with Gasteiger partial charge in [-0.05, 0) is 43.6 Å². The highest BCUT2D eigenvalue weighted by molar-refractivity contribution is 4.81.